The molecule has 0 saturated carbocycles. The van der Waals surface area contributed by atoms with Crippen LogP contribution in [0, 0.1) is 26.7 Å². The second kappa shape index (κ2) is 5.16. The normalized spacial score (nSPS) is 22.6. The average molecular weight is 261 g/mol. The van der Waals surface area contributed by atoms with Crippen molar-refractivity contribution >= 4 is 5.69 Å². The minimum absolute atomic E-state index is 0.0256. The maximum Gasteiger partial charge on any atom is 0.0481 e. The van der Waals surface area contributed by atoms with Crippen LogP contribution in [0.1, 0.15) is 43.4 Å². The third-order valence-electron chi connectivity index (χ3n) is 4.75. The number of anilines is 1. The minimum Gasteiger partial charge on any atom is -0.396 e. The number of hydrogen-bond donors (Lipinski definition) is 1. The third-order valence-corrected chi connectivity index (χ3v) is 4.75. The number of rotatable bonds is 2. The first-order valence-electron chi connectivity index (χ1n) is 7.34. The first kappa shape index (κ1) is 14.4. The van der Waals surface area contributed by atoms with Crippen molar-refractivity contribution in [1.29, 1.82) is 0 Å². The summed E-state index contributed by atoms with van der Waals surface area (Å²) < 4.78 is 0. The highest BCUT2D eigenvalue weighted by atomic mass is 16.3. The van der Waals surface area contributed by atoms with Crippen molar-refractivity contribution in [3.63, 3.8) is 0 Å². The van der Waals surface area contributed by atoms with E-state index in [1.807, 2.05) is 0 Å². The number of piperidine rings is 1. The molecule has 2 heteroatoms. The van der Waals surface area contributed by atoms with Gasteiger partial charge in [0.2, 0.25) is 0 Å². The number of nitrogens with zero attached hydrogens (tertiary/aromatic N) is 1. The van der Waals surface area contributed by atoms with Crippen LogP contribution in [0.4, 0.5) is 5.69 Å². The van der Waals surface area contributed by atoms with Gasteiger partial charge in [-0.15, -0.1) is 0 Å². The lowest BCUT2D eigenvalue weighted by Gasteiger charge is -2.50. The molecular formula is C17H27NO. The Hall–Kier alpha value is -1.02. The zero-order valence-corrected chi connectivity index (χ0v) is 13.0. The van der Waals surface area contributed by atoms with Crippen LogP contribution < -0.4 is 4.90 Å². The molecule has 1 unspecified atom stereocenters. The Bertz CT molecular complexity index is 441. The summed E-state index contributed by atoms with van der Waals surface area (Å²) in [7, 11) is 0. The Balaban J connectivity index is 2.46. The van der Waals surface area contributed by atoms with Crippen molar-refractivity contribution in [1.82, 2.24) is 0 Å². The molecule has 2 nitrogen and oxygen atoms in total. The molecule has 1 atom stereocenters. The Morgan fingerprint density at radius 2 is 1.79 bits per heavy atom. The van der Waals surface area contributed by atoms with Crippen LogP contribution in [-0.2, 0) is 0 Å². The molecule has 2 rings (SSSR count). The molecule has 19 heavy (non-hydrogen) atoms. The Labute approximate surface area is 117 Å². The molecule has 0 aliphatic carbocycles. The second-order valence-corrected chi connectivity index (χ2v) is 6.57. The summed E-state index contributed by atoms with van der Waals surface area (Å²) in [5.74, 6) is 0.362. The highest BCUT2D eigenvalue weighted by Gasteiger charge is 2.39. The van der Waals surface area contributed by atoms with Gasteiger partial charge >= 0.3 is 0 Å². The summed E-state index contributed by atoms with van der Waals surface area (Å²) in [5.41, 5.74) is 5.42. The fourth-order valence-electron chi connectivity index (χ4n) is 3.67. The molecular weight excluding hydrogens is 234 g/mol. The van der Waals surface area contributed by atoms with E-state index in [2.05, 4.69) is 51.7 Å². The number of aryl methyl sites for hydroxylation is 3. The molecule has 1 saturated heterocycles. The predicted octanol–water partition coefficient (Wildman–Crippen LogP) is 3.60. The second-order valence-electron chi connectivity index (χ2n) is 6.57. The van der Waals surface area contributed by atoms with E-state index in [0.29, 0.717) is 5.92 Å². The van der Waals surface area contributed by atoms with Gasteiger partial charge in [-0.3, -0.25) is 0 Å². The summed E-state index contributed by atoms with van der Waals surface area (Å²) in [4.78, 5) is 2.52. The van der Waals surface area contributed by atoms with Gasteiger partial charge in [0.15, 0.2) is 0 Å². The van der Waals surface area contributed by atoms with Crippen molar-refractivity contribution < 1.29 is 5.11 Å². The third kappa shape index (κ3) is 2.51. The molecule has 1 N–H and O–H groups in total. The van der Waals surface area contributed by atoms with E-state index < -0.39 is 0 Å². The molecule has 1 fully saturated rings. The van der Waals surface area contributed by atoms with Crippen molar-refractivity contribution in [3.05, 3.63) is 28.8 Å². The van der Waals surface area contributed by atoms with Gasteiger partial charge in [-0.25, -0.2) is 0 Å². The van der Waals surface area contributed by atoms with E-state index in [4.69, 9.17) is 0 Å². The molecule has 106 valence electrons. The first-order valence-corrected chi connectivity index (χ1v) is 7.34. The smallest absolute Gasteiger partial charge is 0.0481 e. The Morgan fingerprint density at radius 3 is 2.32 bits per heavy atom. The molecule has 0 aromatic heterocycles. The zero-order chi connectivity index (χ0) is 14.2. The van der Waals surface area contributed by atoms with Gasteiger partial charge in [-0.05, 0) is 58.6 Å². The van der Waals surface area contributed by atoms with Gasteiger partial charge in [0, 0.05) is 30.3 Å². The van der Waals surface area contributed by atoms with E-state index in [1.165, 1.54) is 28.8 Å². The van der Waals surface area contributed by atoms with Crippen LogP contribution >= 0.6 is 0 Å². The van der Waals surface area contributed by atoms with Gasteiger partial charge in [-0.2, -0.15) is 0 Å². The SMILES string of the molecule is Cc1cc(C)c(N2CCCC(CO)C2(C)C)c(C)c1. The summed E-state index contributed by atoms with van der Waals surface area (Å²) in [6.07, 6.45) is 2.30. The van der Waals surface area contributed by atoms with Crippen LogP contribution in [0.2, 0.25) is 0 Å². The summed E-state index contributed by atoms with van der Waals surface area (Å²) >= 11 is 0. The molecule has 0 spiro atoms. The molecule has 1 aromatic carbocycles. The molecule has 1 aliphatic heterocycles. The van der Waals surface area contributed by atoms with E-state index >= 15 is 0 Å². The Kier molecular flexibility index (Phi) is 3.91. The standard InChI is InChI=1S/C17H27NO/c1-12-9-13(2)16(14(3)10-12)18-8-6-7-15(11-19)17(18,4)5/h9-10,15,19H,6-8,11H2,1-5H3. The molecule has 1 aromatic rings. The lowest BCUT2D eigenvalue weighted by Crippen LogP contribution is -2.55. The van der Waals surface area contributed by atoms with Crippen LogP contribution in [0.5, 0.6) is 0 Å². The quantitative estimate of drug-likeness (QED) is 0.879. The van der Waals surface area contributed by atoms with Crippen molar-refractivity contribution in [3.8, 4) is 0 Å². The van der Waals surface area contributed by atoms with Crippen molar-refractivity contribution in [2.24, 2.45) is 5.92 Å². The number of benzene rings is 1. The lowest BCUT2D eigenvalue weighted by atomic mass is 9.78. The predicted molar refractivity (Wildman–Crippen MR) is 81.9 cm³/mol. The molecule has 1 aliphatic rings. The number of aliphatic hydroxyl groups excluding tert-OH is 1. The van der Waals surface area contributed by atoms with E-state index in [-0.39, 0.29) is 12.1 Å². The molecule has 1 heterocycles. The van der Waals surface area contributed by atoms with Gasteiger partial charge in [-0.1, -0.05) is 17.7 Å². The van der Waals surface area contributed by atoms with Crippen LogP contribution in [0.15, 0.2) is 12.1 Å². The largest absolute Gasteiger partial charge is 0.396 e. The maximum atomic E-state index is 9.65. The van der Waals surface area contributed by atoms with Gasteiger partial charge in [0.05, 0.1) is 0 Å². The number of aliphatic hydroxyl groups is 1. The minimum atomic E-state index is 0.0256. The summed E-state index contributed by atoms with van der Waals surface area (Å²) in [6.45, 7) is 12.5. The van der Waals surface area contributed by atoms with Crippen molar-refractivity contribution in [2.45, 2.75) is 53.0 Å². The molecule has 0 radical (unpaired) electrons. The summed E-state index contributed by atoms with van der Waals surface area (Å²) in [5, 5.41) is 9.65. The van der Waals surface area contributed by atoms with Gasteiger partial charge in [0.25, 0.3) is 0 Å². The van der Waals surface area contributed by atoms with Crippen LogP contribution in [0.3, 0.4) is 0 Å². The van der Waals surface area contributed by atoms with Gasteiger partial charge in [0.1, 0.15) is 0 Å². The van der Waals surface area contributed by atoms with Gasteiger partial charge < -0.3 is 10.0 Å². The summed E-state index contributed by atoms with van der Waals surface area (Å²) in [6, 6.07) is 4.53. The van der Waals surface area contributed by atoms with Crippen LogP contribution in [0.25, 0.3) is 0 Å². The number of hydrogen-bond acceptors (Lipinski definition) is 2. The molecule has 0 bridgehead atoms. The maximum absolute atomic E-state index is 9.65. The average Bonchev–Trinajstić information content (AvgIpc) is 2.29. The highest BCUT2D eigenvalue weighted by Crippen LogP contribution is 2.39. The fourth-order valence-corrected chi connectivity index (χ4v) is 3.67. The first-order chi connectivity index (χ1) is 8.87. The zero-order valence-electron chi connectivity index (χ0n) is 13.0. The van der Waals surface area contributed by atoms with Crippen molar-refractivity contribution in [2.75, 3.05) is 18.1 Å². The lowest BCUT2D eigenvalue weighted by molar-refractivity contribution is 0.135. The highest BCUT2D eigenvalue weighted by molar-refractivity contribution is 5.62. The topological polar surface area (TPSA) is 23.5 Å². The van der Waals surface area contributed by atoms with E-state index in [1.54, 1.807) is 0 Å². The molecule has 0 amide bonds. The Morgan fingerprint density at radius 1 is 1.21 bits per heavy atom. The fraction of sp³-hybridized carbons (Fsp3) is 0.647. The van der Waals surface area contributed by atoms with E-state index in [9.17, 15) is 5.11 Å². The monoisotopic (exact) mass is 261 g/mol. The van der Waals surface area contributed by atoms with E-state index in [0.717, 1.165) is 13.0 Å². The van der Waals surface area contributed by atoms with Crippen LogP contribution in [-0.4, -0.2) is 23.8 Å².